The first-order chi connectivity index (χ1) is 12.4. The zero-order valence-electron chi connectivity index (χ0n) is 15.9. The van der Waals surface area contributed by atoms with Crippen LogP contribution in [0.3, 0.4) is 0 Å². The number of carbonyl (C=O) groups is 1. The summed E-state index contributed by atoms with van der Waals surface area (Å²) in [6, 6.07) is 3.35. The van der Waals surface area contributed by atoms with Crippen LogP contribution in [-0.4, -0.2) is 43.8 Å². The van der Waals surface area contributed by atoms with Crippen molar-refractivity contribution < 1.29 is 26.4 Å². The van der Waals surface area contributed by atoms with Gasteiger partial charge in [0, 0.05) is 25.4 Å². The lowest BCUT2D eigenvalue weighted by Gasteiger charge is -2.37. The van der Waals surface area contributed by atoms with Gasteiger partial charge in [-0.1, -0.05) is 6.07 Å². The average molecular weight is 477 g/mol. The van der Waals surface area contributed by atoms with Crippen molar-refractivity contribution >= 4 is 40.6 Å². The van der Waals surface area contributed by atoms with Crippen LogP contribution in [-0.2, 0) is 33.8 Å². The van der Waals surface area contributed by atoms with Gasteiger partial charge in [0.25, 0.3) is 0 Å². The normalized spacial score (nSPS) is 24.3. The third-order valence-corrected chi connectivity index (χ3v) is 6.55. The molecule has 1 aliphatic carbocycles. The van der Waals surface area contributed by atoms with Crippen molar-refractivity contribution in [1.82, 2.24) is 4.90 Å². The van der Waals surface area contributed by atoms with Crippen LogP contribution in [0.1, 0.15) is 36.0 Å². The predicted octanol–water partition coefficient (Wildman–Crippen LogP) is 2.98. The predicted molar refractivity (Wildman–Crippen MR) is 109 cm³/mol. The van der Waals surface area contributed by atoms with Gasteiger partial charge in [0.1, 0.15) is 9.84 Å². The minimum Gasteiger partial charge on any atom is -0.338 e. The van der Waals surface area contributed by atoms with Crippen molar-refractivity contribution in [3.05, 3.63) is 34.9 Å². The number of rotatable bonds is 3. The van der Waals surface area contributed by atoms with Gasteiger partial charge in [-0.3, -0.25) is 4.79 Å². The molecule has 1 aromatic rings. The molecule has 166 valence electrons. The zero-order valence-corrected chi connectivity index (χ0v) is 18.3. The van der Waals surface area contributed by atoms with Crippen molar-refractivity contribution in [2.24, 2.45) is 11.1 Å². The molecule has 0 bridgehead atoms. The highest BCUT2D eigenvalue weighted by Crippen LogP contribution is 2.41. The molecule has 1 fully saturated rings. The highest BCUT2D eigenvalue weighted by molar-refractivity contribution is 7.90. The average Bonchev–Trinajstić information content (AvgIpc) is 2.92. The number of sulfone groups is 1. The smallest absolute Gasteiger partial charge is 0.338 e. The number of carbonyl (C=O) groups excluding carboxylic acids is 1. The number of alkyl halides is 3. The van der Waals surface area contributed by atoms with Crippen molar-refractivity contribution in [1.29, 1.82) is 0 Å². The highest BCUT2D eigenvalue weighted by atomic mass is 35.5. The van der Waals surface area contributed by atoms with Gasteiger partial charge < -0.3 is 10.6 Å². The topological polar surface area (TPSA) is 80.5 Å². The number of amides is 1. The maximum absolute atomic E-state index is 13.2. The van der Waals surface area contributed by atoms with Crippen molar-refractivity contribution in [3.8, 4) is 0 Å². The number of halogens is 5. The Kier molecular flexibility index (Phi) is 8.07. The Hall–Kier alpha value is -1.03. The summed E-state index contributed by atoms with van der Waals surface area (Å²) in [5.74, 6) is -0.595. The Labute approximate surface area is 180 Å². The van der Waals surface area contributed by atoms with E-state index in [1.807, 2.05) is 0 Å². The van der Waals surface area contributed by atoms with Crippen molar-refractivity contribution in [2.45, 2.75) is 44.4 Å². The summed E-state index contributed by atoms with van der Waals surface area (Å²) in [6.07, 6.45) is -1.69. The first-order valence-corrected chi connectivity index (χ1v) is 10.9. The van der Waals surface area contributed by atoms with Gasteiger partial charge in [0.05, 0.1) is 16.7 Å². The molecular weight excluding hydrogens is 452 g/mol. The molecule has 0 unspecified atom stereocenters. The molecule has 2 aliphatic rings. The summed E-state index contributed by atoms with van der Waals surface area (Å²) in [7, 11) is -3.41. The molecule has 0 aromatic heterocycles. The first kappa shape index (κ1) is 26.0. The molecule has 1 aromatic carbocycles. The van der Waals surface area contributed by atoms with E-state index < -0.39 is 27.0 Å². The van der Waals surface area contributed by atoms with E-state index in [0.29, 0.717) is 31.4 Å². The van der Waals surface area contributed by atoms with E-state index in [1.165, 1.54) is 11.0 Å². The molecule has 29 heavy (non-hydrogen) atoms. The minimum absolute atomic E-state index is 0. The molecule has 1 heterocycles. The summed E-state index contributed by atoms with van der Waals surface area (Å²) in [5.41, 5.74) is 5.37. The zero-order chi connectivity index (χ0) is 20.0. The number of nitrogens with zero attached hydrogens (tertiary/aromatic N) is 1. The van der Waals surface area contributed by atoms with Gasteiger partial charge >= 0.3 is 6.18 Å². The summed E-state index contributed by atoms with van der Waals surface area (Å²) in [4.78, 5) is 14.7. The van der Waals surface area contributed by atoms with E-state index in [2.05, 4.69) is 0 Å². The van der Waals surface area contributed by atoms with Crippen molar-refractivity contribution in [2.75, 3.05) is 18.6 Å². The van der Waals surface area contributed by atoms with Crippen LogP contribution in [0.4, 0.5) is 13.2 Å². The van der Waals surface area contributed by atoms with Crippen LogP contribution in [0, 0.1) is 5.41 Å². The Balaban J connectivity index is 0.00000210. The molecule has 1 amide bonds. The standard InChI is InChI=1S/C18H23F3N2O3S.2ClH/c1-27(25,26)11-17(6-4-15(22)9-17)16(24)23-7-5-12-2-3-14(18(19,20)21)8-13(12)10-23;;/h2-3,8,15H,4-7,9-11,22H2,1H3;2*1H/t15-,17+;;/m1../s1. The van der Waals surface area contributed by atoms with E-state index in [-0.39, 0.29) is 55.5 Å². The summed E-state index contributed by atoms with van der Waals surface area (Å²) >= 11 is 0. The monoisotopic (exact) mass is 476 g/mol. The summed E-state index contributed by atoms with van der Waals surface area (Å²) in [5, 5.41) is 0. The van der Waals surface area contributed by atoms with Crippen molar-refractivity contribution in [3.63, 3.8) is 0 Å². The maximum atomic E-state index is 13.2. The number of nitrogens with two attached hydrogens (primary N) is 1. The molecule has 0 radical (unpaired) electrons. The molecule has 2 N–H and O–H groups in total. The van der Waals surface area contributed by atoms with Gasteiger partial charge in [0.15, 0.2) is 0 Å². The molecule has 0 spiro atoms. The lowest BCUT2D eigenvalue weighted by atomic mass is 9.85. The van der Waals surface area contributed by atoms with Gasteiger partial charge in [0.2, 0.25) is 5.91 Å². The van der Waals surface area contributed by atoms with Gasteiger partial charge in [-0.15, -0.1) is 24.8 Å². The molecule has 5 nitrogen and oxygen atoms in total. The number of benzene rings is 1. The molecule has 1 saturated carbocycles. The van der Waals surface area contributed by atoms with Gasteiger partial charge in [-0.25, -0.2) is 8.42 Å². The van der Waals surface area contributed by atoms with Crippen LogP contribution < -0.4 is 5.73 Å². The molecule has 11 heteroatoms. The fraction of sp³-hybridized carbons (Fsp3) is 0.611. The molecule has 2 atom stereocenters. The molecular formula is C18H25Cl2F3N2O3S. The lowest BCUT2D eigenvalue weighted by Crippen LogP contribution is -2.48. The number of hydrogen-bond acceptors (Lipinski definition) is 4. The highest BCUT2D eigenvalue weighted by Gasteiger charge is 2.48. The second kappa shape index (κ2) is 8.99. The Morgan fingerprint density at radius 2 is 1.93 bits per heavy atom. The number of hydrogen-bond donors (Lipinski definition) is 1. The number of fused-ring (bicyclic) bond motifs is 1. The minimum atomic E-state index is -4.45. The van der Waals surface area contributed by atoms with Crippen LogP contribution in [0.5, 0.6) is 0 Å². The van der Waals surface area contributed by atoms with Crippen LogP contribution in [0.15, 0.2) is 18.2 Å². The fourth-order valence-electron chi connectivity index (χ4n) is 4.30. The van der Waals surface area contributed by atoms with Crippen LogP contribution in [0.25, 0.3) is 0 Å². The summed E-state index contributed by atoms with van der Waals surface area (Å²) in [6.45, 7) is 0.413. The molecule has 3 rings (SSSR count). The lowest BCUT2D eigenvalue weighted by molar-refractivity contribution is -0.141. The maximum Gasteiger partial charge on any atom is 0.416 e. The Bertz CT molecular complexity index is 864. The van der Waals surface area contributed by atoms with Crippen LogP contribution >= 0.6 is 24.8 Å². The van der Waals surface area contributed by atoms with Crippen LogP contribution in [0.2, 0.25) is 0 Å². The van der Waals surface area contributed by atoms with E-state index in [1.54, 1.807) is 0 Å². The second-order valence-corrected chi connectivity index (χ2v) is 9.95. The van der Waals surface area contributed by atoms with Gasteiger partial charge in [-0.2, -0.15) is 13.2 Å². The first-order valence-electron chi connectivity index (χ1n) is 8.81. The largest absolute Gasteiger partial charge is 0.416 e. The third kappa shape index (κ3) is 5.77. The van der Waals surface area contributed by atoms with E-state index in [4.69, 9.17) is 5.73 Å². The van der Waals surface area contributed by atoms with E-state index in [0.717, 1.165) is 24.0 Å². The van der Waals surface area contributed by atoms with E-state index in [9.17, 15) is 26.4 Å². The molecule has 0 saturated heterocycles. The van der Waals surface area contributed by atoms with Gasteiger partial charge in [-0.05, 0) is 48.9 Å². The fourth-order valence-corrected chi connectivity index (χ4v) is 5.69. The Morgan fingerprint density at radius 3 is 2.45 bits per heavy atom. The molecule has 1 aliphatic heterocycles. The quantitative estimate of drug-likeness (QED) is 0.726. The third-order valence-electron chi connectivity index (χ3n) is 5.47. The second-order valence-electron chi connectivity index (χ2n) is 7.81. The Morgan fingerprint density at radius 1 is 1.28 bits per heavy atom. The summed E-state index contributed by atoms with van der Waals surface area (Å²) < 4.78 is 62.8. The SMILES string of the molecule is CS(=O)(=O)C[C@]1(C(=O)N2CCc3ccc(C(F)(F)F)cc3C2)CC[C@@H](N)C1.Cl.Cl. The van der Waals surface area contributed by atoms with E-state index >= 15 is 0 Å².